The molecule has 0 radical (unpaired) electrons. The maximum atomic E-state index is 5.89. The van der Waals surface area contributed by atoms with Gasteiger partial charge in [0.05, 0.1) is 12.8 Å². The van der Waals surface area contributed by atoms with Crippen molar-refractivity contribution in [1.82, 2.24) is 9.88 Å². The Hall–Kier alpha value is -2.65. The van der Waals surface area contributed by atoms with Crippen molar-refractivity contribution in [3.05, 3.63) is 82.5 Å². The molecule has 0 saturated heterocycles. The molecule has 0 aliphatic heterocycles. The minimum atomic E-state index is 0.359. The first-order chi connectivity index (χ1) is 15.0. The number of nitrogens with zero attached hydrogens (tertiary/aromatic N) is 2. The molecule has 0 saturated carbocycles. The Balaban J connectivity index is 1.99. The molecule has 3 nitrogen and oxygen atoms in total. The third-order valence-corrected chi connectivity index (χ3v) is 6.28. The summed E-state index contributed by atoms with van der Waals surface area (Å²) in [5.41, 5.74) is 8.52. The molecule has 0 amide bonds. The van der Waals surface area contributed by atoms with Crippen molar-refractivity contribution in [2.75, 3.05) is 14.2 Å². The van der Waals surface area contributed by atoms with Gasteiger partial charge in [0.25, 0.3) is 0 Å². The first kappa shape index (κ1) is 23.0. The quantitative estimate of drug-likeness (QED) is 0.385. The summed E-state index contributed by atoms with van der Waals surface area (Å²) in [4.78, 5) is 7.48. The van der Waals surface area contributed by atoms with E-state index in [1.54, 1.807) is 7.11 Å². The van der Waals surface area contributed by atoms with Gasteiger partial charge in [-0.1, -0.05) is 69.3 Å². The lowest BCUT2D eigenvalue weighted by Crippen LogP contribution is -2.24. The summed E-state index contributed by atoms with van der Waals surface area (Å²) in [6.45, 7) is 9.57. The standard InChI is InChI=1S/C28H36N2O/c1-7-21-16-13-17-22(8-2)28(21)25-18-27(31-6)24(20(4)29-25)19-30(5)26(9-3)23-14-11-10-12-15-23/h10-18,26H,7-9,19H2,1-6H3. The van der Waals surface area contributed by atoms with Crippen LogP contribution < -0.4 is 4.74 Å². The number of hydrogen-bond donors (Lipinski definition) is 0. The number of aromatic nitrogens is 1. The van der Waals surface area contributed by atoms with Gasteiger partial charge in [0, 0.05) is 35.5 Å². The fourth-order valence-corrected chi connectivity index (χ4v) is 4.58. The fourth-order valence-electron chi connectivity index (χ4n) is 4.58. The van der Waals surface area contributed by atoms with E-state index in [9.17, 15) is 0 Å². The van der Waals surface area contributed by atoms with Crippen LogP contribution in [0.25, 0.3) is 11.3 Å². The first-order valence-electron chi connectivity index (χ1n) is 11.4. The molecule has 0 N–H and O–H groups in total. The maximum absolute atomic E-state index is 5.89. The summed E-state index contributed by atoms with van der Waals surface area (Å²) in [5, 5.41) is 0. The van der Waals surface area contributed by atoms with Gasteiger partial charge in [-0.05, 0) is 49.9 Å². The van der Waals surface area contributed by atoms with Crippen LogP contribution in [0.4, 0.5) is 0 Å². The second-order valence-corrected chi connectivity index (χ2v) is 8.18. The zero-order chi connectivity index (χ0) is 22.4. The molecule has 164 valence electrons. The predicted octanol–water partition coefficient (Wildman–Crippen LogP) is 6.77. The number of benzene rings is 2. The van der Waals surface area contributed by atoms with E-state index in [2.05, 4.69) is 94.2 Å². The normalized spacial score (nSPS) is 12.2. The molecule has 3 heteroatoms. The van der Waals surface area contributed by atoms with Crippen molar-refractivity contribution in [3.8, 4) is 17.0 Å². The topological polar surface area (TPSA) is 25.4 Å². The molecule has 0 spiro atoms. The van der Waals surface area contributed by atoms with Gasteiger partial charge in [-0.15, -0.1) is 0 Å². The Morgan fingerprint density at radius 1 is 0.935 bits per heavy atom. The van der Waals surface area contributed by atoms with Gasteiger partial charge in [0.2, 0.25) is 0 Å². The number of pyridine rings is 1. The molecule has 0 fully saturated rings. The van der Waals surface area contributed by atoms with Crippen LogP contribution in [0.5, 0.6) is 5.75 Å². The van der Waals surface area contributed by atoms with E-state index in [4.69, 9.17) is 9.72 Å². The third-order valence-electron chi connectivity index (χ3n) is 6.28. The first-order valence-corrected chi connectivity index (χ1v) is 11.4. The molecule has 1 atom stereocenters. The van der Waals surface area contributed by atoms with E-state index in [0.29, 0.717) is 6.04 Å². The van der Waals surface area contributed by atoms with Gasteiger partial charge in [-0.3, -0.25) is 9.88 Å². The zero-order valence-electron chi connectivity index (χ0n) is 19.9. The molecule has 3 aromatic rings. The molecule has 1 heterocycles. The Kier molecular flexibility index (Phi) is 7.86. The Bertz CT molecular complexity index is 975. The van der Waals surface area contributed by atoms with Crippen LogP contribution in [-0.2, 0) is 19.4 Å². The van der Waals surface area contributed by atoms with Crippen LogP contribution >= 0.6 is 0 Å². The molecular formula is C28H36N2O. The lowest BCUT2D eigenvalue weighted by atomic mass is 9.94. The summed E-state index contributed by atoms with van der Waals surface area (Å²) in [7, 11) is 3.96. The van der Waals surface area contributed by atoms with E-state index in [0.717, 1.165) is 48.5 Å². The number of aryl methyl sites for hydroxylation is 3. The Labute approximate surface area is 188 Å². The minimum Gasteiger partial charge on any atom is -0.496 e. The highest BCUT2D eigenvalue weighted by Gasteiger charge is 2.20. The van der Waals surface area contributed by atoms with Crippen LogP contribution in [0.3, 0.4) is 0 Å². The number of methoxy groups -OCH3 is 1. The fraction of sp³-hybridized carbons (Fsp3) is 0.393. The minimum absolute atomic E-state index is 0.359. The molecule has 3 rings (SSSR count). The smallest absolute Gasteiger partial charge is 0.127 e. The molecule has 0 aliphatic carbocycles. The van der Waals surface area contributed by atoms with Crippen LogP contribution in [0.2, 0.25) is 0 Å². The Morgan fingerprint density at radius 2 is 1.58 bits per heavy atom. The highest BCUT2D eigenvalue weighted by atomic mass is 16.5. The van der Waals surface area contributed by atoms with Crippen molar-refractivity contribution in [2.24, 2.45) is 0 Å². The largest absolute Gasteiger partial charge is 0.496 e. The number of hydrogen-bond acceptors (Lipinski definition) is 3. The number of ether oxygens (including phenoxy) is 1. The SMILES string of the molecule is CCc1cccc(CC)c1-c1cc(OC)c(CN(C)C(CC)c2ccccc2)c(C)n1. The van der Waals surface area contributed by atoms with Crippen LogP contribution in [-0.4, -0.2) is 24.0 Å². The van der Waals surface area contributed by atoms with Crippen molar-refractivity contribution in [1.29, 1.82) is 0 Å². The molecule has 31 heavy (non-hydrogen) atoms. The van der Waals surface area contributed by atoms with Crippen molar-refractivity contribution in [2.45, 2.75) is 59.5 Å². The van der Waals surface area contributed by atoms with Crippen molar-refractivity contribution in [3.63, 3.8) is 0 Å². The second kappa shape index (κ2) is 10.6. The van der Waals surface area contributed by atoms with Gasteiger partial charge in [-0.25, -0.2) is 0 Å². The summed E-state index contributed by atoms with van der Waals surface area (Å²) >= 11 is 0. The van der Waals surface area contributed by atoms with Crippen LogP contribution in [0.15, 0.2) is 54.6 Å². The monoisotopic (exact) mass is 416 g/mol. The predicted molar refractivity (Wildman–Crippen MR) is 131 cm³/mol. The van der Waals surface area contributed by atoms with Gasteiger partial charge in [-0.2, -0.15) is 0 Å². The third kappa shape index (κ3) is 4.99. The van der Waals surface area contributed by atoms with E-state index < -0.39 is 0 Å². The van der Waals surface area contributed by atoms with Gasteiger partial charge >= 0.3 is 0 Å². The summed E-state index contributed by atoms with van der Waals surface area (Å²) in [6.07, 6.45) is 3.04. The molecule has 0 bridgehead atoms. The summed E-state index contributed by atoms with van der Waals surface area (Å²) < 4.78 is 5.89. The second-order valence-electron chi connectivity index (χ2n) is 8.18. The highest BCUT2D eigenvalue weighted by molar-refractivity contribution is 5.70. The average Bonchev–Trinajstić information content (AvgIpc) is 2.80. The molecule has 1 unspecified atom stereocenters. The highest BCUT2D eigenvalue weighted by Crippen LogP contribution is 2.34. The van der Waals surface area contributed by atoms with Crippen molar-refractivity contribution < 1.29 is 4.74 Å². The van der Waals surface area contributed by atoms with E-state index in [-0.39, 0.29) is 0 Å². The molecule has 1 aromatic heterocycles. The maximum Gasteiger partial charge on any atom is 0.127 e. The summed E-state index contributed by atoms with van der Waals surface area (Å²) in [5.74, 6) is 0.922. The molecule has 0 aliphatic rings. The summed E-state index contributed by atoms with van der Waals surface area (Å²) in [6, 6.07) is 19.8. The lowest BCUT2D eigenvalue weighted by Gasteiger charge is -2.29. The lowest BCUT2D eigenvalue weighted by molar-refractivity contribution is 0.226. The van der Waals surface area contributed by atoms with Crippen LogP contribution in [0, 0.1) is 6.92 Å². The van der Waals surface area contributed by atoms with Gasteiger partial charge < -0.3 is 4.74 Å². The van der Waals surface area contributed by atoms with Gasteiger partial charge in [0.1, 0.15) is 5.75 Å². The zero-order valence-corrected chi connectivity index (χ0v) is 19.9. The van der Waals surface area contributed by atoms with E-state index in [1.165, 1.54) is 22.3 Å². The Morgan fingerprint density at radius 3 is 2.13 bits per heavy atom. The molecular weight excluding hydrogens is 380 g/mol. The van der Waals surface area contributed by atoms with Gasteiger partial charge in [0.15, 0.2) is 0 Å². The van der Waals surface area contributed by atoms with E-state index >= 15 is 0 Å². The average molecular weight is 417 g/mol. The van der Waals surface area contributed by atoms with E-state index in [1.807, 2.05) is 0 Å². The molecule has 2 aromatic carbocycles. The van der Waals surface area contributed by atoms with Crippen LogP contribution in [0.1, 0.15) is 61.2 Å². The van der Waals surface area contributed by atoms with Crippen molar-refractivity contribution >= 4 is 0 Å². The number of rotatable bonds is 9.